The van der Waals surface area contributed by atoms with Gasteiger partial charge in [0.1, 0.15) is 0 Å². The molecule has 1 amide bonds. The van der Waals surface area contributed by atoms with E-state index in [9.17, 15) is 4.79 Å². The molecule has 0 atom stereocenters. The first kappa shape index (κ1) is 13.0. The third kappa shape index (κ3) is 3.08. The molecule has 2 rings (SSSR count). The van der Waals surface area contributed by atoms with Crippen LogP contribution >= 0.6 is 0 Å². The van der Waals surface area contributed by atoms with Crippen LogP contribution in [0.15, 0.2) is 10.6 Å². The van der Waals surface area contributed by atoms with E-state index in [0.717, 1.165) is 32.7 Å². The summed E-state index contributed by atoms with van der Waals surface area (Å²) in [4.78, 5) is 20.3. The Morgan fingerprint density at radius 2 is 2.17 bits per heavy atom. The molecule has 1 saturated heterocycles. The number of oxazole rings is 1. The Labute approximate surface area is 107 Å². The molecular weight excluding hydrogens is 232 g/mol. The quantitative estimate of drug-likeness (QED) is 0.806. The van der Waals surface area contributed by atoms with E-state index in [4.69, 9.17) is 4.42 Å². The van der Waals surface area contributed by atoms with Gasteiger partial charge < -0.3 is 19.5 Å². The van der Waals surface area contributed by atoms with Crippen LogP contribution in [0.2, 0.25) is 0 Å². The Bertz CT molecular complexity index is 397. The molecule has 0 radical (unpaired) electrons. The zero-order valence-electron chi connectivity index (χ0n) is 11.0. The number of piperazine rings is 1. The largest absolute Gasteiger partial charge is 0.435 e. The highest BCUT2D eigenvalue weighted by Gasteiger charge is 2.23. The van der Waals surface area contributed by atoms with Gasteiger partial charge in [-0.05, 0) is 14.1 Å². The summed E-state index contributed by atoms with van der Waals surface area (Å²) in [6.45, 7) is 4.12. The molecule has 1 N–H and O–H groups in total. The summed E-state index contributed by atoms with van der Waals surface area (Å²) in [5.41, 5.74) is 0. The van der Waals surface area contributed by atoms with Crippen LogP contribution in [0.25, 0.3) is 0 Å². The van der Waals surface area contributed by atoms with Gasteiger partial charge >= 0.3 is 0 Å². The van der Waals surface area contributed by atoms with Gasteiger partial charge in [0.15, 0.2) is 5.89 Å². The number of hydrogen-bond acceptors (Lipinski definition) is 5. The van der Waals surface area contributed by atoms with Crippen molar-refractivity contribution in [3.63, 3.8) is 0 Å². The van der Waals surface area contributed by atoms with Crippen LogP contribution in [-0.2, 0) is 6.42 Å². The van der Waals surface area contributed by atoms with E-state index >= 15 is 0 Å². The van der Waals surface area contributed by atoms with Gasteiger partial charge in [0.25, 0.3) is 5.91 Å². The fourth-order valence-corrected chi connectivity index (χ4v) is 1.92. The van der Waals surface area contributed by atoms with Crippen LogP contribution in [0.5, 0.6) is 0 Å². The molecule has 0 saturated carbocycles. The fraction of sp³-hybridized carbons (Fsp3) is 0.667. The minimum absolute atomic E-state index is 0.0497. The second-order valence-corrected chi connectivity index (χ2v) is 4.57. The van der Waals surface area contributed by atoms with Gasteiger partial charge in [0.2, 0.25) is 5.76 Å². The first-order valence-corrected chi connectivity index (χ1v) is 6.28. The van der Waals surface area contributed by atoms with Gasteiger partial charge in [-0.25, -0.2) is 4.98 Å². The minimum Gasteiger partial charge on any atom is -0.435 e. The number of carbonyl (C=O) groups excluding carboxylic acids is 1. The number of amides is 1. The maximum absolute atomic E-state index is 12.2. The maximum Gasteiger partial charge on any atom is 0.291 e. The highest BCUT2D eigenvalue weighted by Crippen LogP contribution is 2.10. The Balaban J connectivity index is 1.94. The van der Waals surface area contributed by atoms with Gasteiger partial charge in [-0.3, -0.25) is 4.79 Å². The second-order valence-electron chi connectivity index (χ2n) is 4.57. The number of rotatable bonds is 4. The lowest BCUT2D eigenvalue weighted by Gasteiger charge is -2.31. The first-order valence-electron chi connectivity index (χ1n) is 6.28. The van der Waals surface area contributed by atoms with Crippen LogP contribution < -0.4 is 5.32 Å². The van der Waals surface area contributed by atoms with Crippen molar-refractivity contribution in [3.05, 3.63) is 17.8 Å². The minimum atomic E-state index is -0.0497. The molecule has 6 heteroatoms. The van der Waals surface area contributed by atoms with Crippen LogP contribution in [0.3, 0.4) is 0 Å². The van der Waals surface area contributed by atoms with Crippen LogP contribution in [0.4, 0.5) is 0 Å². The molecule has 1 aromatic heterocycles. The summed E-state index contributed by atoms with van der Waals surface area (Å²) >= 11 is 0. The van der Waals surface area contributed by atoms with Crippen molar-refractivity contribution in [2.45, 2.75) is 6.42 Å². The summed E-state index contributed by atoms with van der Waals surface area (Å²) in [7, 11) is 3.94. The van der Waals surface area contributed by atoms with Gasteiger partial charge in [0.05, 0.1) is 6.20 Å². The summed E-state index contributed by atoms with van der Waals surface area (Å²) in [6, 6.07) is 0. The molecule has 0 unspecified atom stereocenters. The lowest BCUT2D eigenvalue weighted by molar-refractivity contribution is 0.0630. The molecule has 2 heterocycles. The van der Waals surface area contributed by atoms with E-state index in [2.05, 4.69) is 22.2 Å². The highest BCUT2D eigenvalue weighted by molar-refractivity contribution is 5.91. The molecule has 1 fully saturated rings. The molecule has 0 spiro atoms. The van der Waals surface area contributed by atoms with Crippen molar-refractivity contribution in [3.8, 4) is 0 Å². The van der Waals surface area contributed by atoms with Crippen molar-refractivity contribution >= 4 is 5.91 Å². The van der Waals surface area contributed by atoms with Crippen molar-refractivity contribution < 1.29 is 9.21 Å². The number of hydrogen-bond donors (Lipinski definition) is 1. The monoisotopic (exact) mass is 252 g/mol. The predicted octanol–water partition coefficient (Wildman–Crippen LogP) is -0.176. The number of likely N-dealkylation sites (N-methyl/N-ethyl adjacent to an activating group) is 2. The first-order chi connectivity index (χ1) is 8.70. The molecule has 0 aromatic carbocycles. The third-order valence-corrected chi connectivity index (χ3v) is 3.14. The molecule has 1 aromatic rings. The second kappa shape index (κ2) is 5.97. The van der Waals surface area contributed by atoms with Gasteiger partial charge in [-0.2, -0.15) is 0 Å². The Kier molecular flexibility index (Phi) is 4.33. The maximum atomic E-state index is 12.2. The normalized spacial score (nSPS) is 17.1. The SMILES string of the molecule is CNCCc1ncc(C(=O)N2CCN(C)CC2)o1. The van der Waals surface area contributed by atoms with Gasteiger partial charge in [-0.1, -0.05) is 0 Å². The Morgan fingerprint density at radius 3 is 2.83 bits per heavy atom. The molecule has 0 bridgehead atoms. The van der Waals surface area contributed by atoms with Crippen molar-refractivity contribution in [2.75, 3.05) is 46.8 Å². The average Bonchev–Trinajstić information content (AvgIpc) is 2.85. The summed E-state index contributed by atoms with van der Waals surface area (Å²) in [5, 5.41) is 3.02. The molecule has 0 aliphatic carbocycles. The molecule has 6 nitrogen and oxygen atoms in total. The average molecular weight is 252 g/mol. The van der Waals surface area contributed by atoms with E-state index in [1.807, 2.05) is 11.9 Å². The number of nitrogens with zero attached hydrogens (tertiary/aromatic N) is 3. The lowest BCUT2D eigenvalue weighted by atomic mass is 10.3. The van der Waals surface area contributed by atoms with Crippen molar-refractivity contribution in [2.24, 2.45) is 0 Å². The topological polar surface area (TPSA) is 61.6 Å². The van der Waals surface area contributed by atoms with Crippen molar-refractivity contribution in [1.29, 1.82) is 0 Å². The molecule has 1 aliphatic heterocycles. The number of nitrogens with one attached hydrogen (secondary N) is 1. The predicted molar refractivity (Wildman–Crippen MR) is 67.5 cm³/mol. The summed E-state index contributed by atoms with van der Waals surface area (Å²) in [5.74, 6) is 0.916. The Morgan fingerprint density at radius 1 is 1.44 bits per heavy atom. The zero-order chi connectivity index (χ0) is 13.0. The molecule has 100 valence electrons. The number of carbonyl (C=O) groups is 1. The smallest absolute Gasteiger partial charge is 0.291 e. The van der Waals surface area contributed by atoms with E-state index < -0.39 is 0 Å². The standard InChI is InChI=1S/C12H20N4O2/c1-13-4-3-11-14-9-10(18-11)12(17)16-7-5-15(2)6-8-16/h9,13H,3-8H2,1-2H3. The molecule has 18 heavy (non-hydrogen) atoms. The third-order valence-electron chi connectivity index (χ3n) is 3.14. The van der Waals surface area contributed by atoms with E-state index in [0.29, 0.717) is 18.1 Å². The van der Waals surface area contributed by atoms with Crippen LogP contribution in [0, 0.1) is 0 Å². The number of aromatic nitrogens is 1. The summed E-state index contributed by atoms with van der Waals surface area (Å²) < 4.78 is 5.47. The molecule has 1 aliphatic rings. The lowest BCUT2D eigenvalue weighted by Crippen LogP contribution is -2.47. The van der Waals surface area contributed by atoms with Crippen LogP contribution in [0.1, 0.15) is 16.4 Å². The highest BCUT2D eigenvalue weighted by atomic mass is 16.4. The van der Waals surface area contributed by atoms with Crippen LogP contribution in [-0.4, -0.2) is 67.5 Å². The molecular formula is C12H20N4O2. The van der Waals surface area contributed by atoms with E-state index in [1.54, 1.807) is 0 Å². The zero-order valence-corrected chi connectivity index (χ0v) is 11.0. The van der Waals surface area contributed by atoms with Gasteiger partial charge in [0, 0.05) is 39.1 Å². The Hall–Kier alpha value is -1.40. The summed E-state index contributed by atoms with van der Waals surface area (Å²) in [6.07, 6.45) is 2.23. The van der Waals surface area contributed by atoms with Crippen molar-refractivity contribution in [1.82, 2.24) is 20.1 Å². The van der Waals surface area contributed by atoms with E-state index in [-0.39, 0.29) is 5.91 Å². The fourth-order valence-electron chi connectivity index (χ4n) is 1.92. The van der Waals surface area contributed by atoms with E-state index in [1.165, 1.54) is 6.20 Å². The van der Waals surface area contributed by atoms with Gasteiger partial charge in [-0.15, -0.1) is 0 Å².